The average molecular weight is 511 g/mol. The van der Waals surface area contributed by atoms with Crippen LogP contribution in [0.15, 0.2) is 41.8 Å². The minimum Gasteiger partial charge on any atom is -0.744 e. The number of quaternary nitrogens is 1. The summed E-state index contributed by atoms with van der Waals surface area (Å²) in [5.41, 5.74) is 0.934. The lowest BCUT2D eigenvalue weighted by molar-refractivity contribution is -0.929. The highest BCUT2D eigenvalue weighted by Crippen LogP contribution is 2.16. The Kier molecular flexibility index (Phi) is 18.5. The van der Waals surface area contributed by atoms with Gasteiger partial charge in [0.15, 0.2) is 0 Å². The van der Waals surface area contributed by atoms with E-state index < -0.39 is 16.2 Å². The van der Waals surface area contributed by atoms with Crippen molar-refractivity contribution < 1.29 is 22.2 Å². The SMILES string of the molecule is CC(=O)N[C@H](/C=C/S(=O)(=O)[O-])Cc1ccccc1.CCCC[N+](CCCC)(CCCC)CCCC. The molecule has 6 nitrogen and oxygen atoms in total. The number of rotatable bonds is 17. The zero-order chi connectivity index (χ0) is 26.6. The summed E-state index contributed by atoms with van der Waals surface area (Å²) in [6.45, 7) is 16.3. The van der Waals surface area contributed by atoms with Gasteiger partial charge in [0.2, 0.25) is 5.91 Å². The number of carbonyl (C=O) groups is 1. The fraction of sp³-hybridized carbons (Fsp3) is 0.679. The second kappa shape index (κ2) is 19.5. The van der Waals surface area contributed by atoms with E-state index in [2.05, 4.69) is 33.0 Å². The molecule has 0 spiro atoms. The predicted molar refractivity (Wildman–Crippen MR) is 146 cm³/mol. The highest BCUT2D eigenvalue weighted by Gasteiger charge is 2.24. The Morgan fingerprint density at radius 2 is 1.31 bits per heavy atom. The Bertz CT molecular complexity index is 757. The molecular weight excluding hydrogens is 460 g/mol. The number of carbonyl (C=O) groups excluding carboxylic acids is 1. The van der Waals surface area contributed by atoms with Crippen LogP contribution < -0.4 is 5.32 Å². The van der Waals surface area contributed by atoms with Crippen molar-refractivity contribution >= 4 is 16.0 Å². The van der Waals surface area contributed by atoms with E-state index in [1.165, 1.54) is 95.0 Å². The number of nitrogens with one attached hydrogen (secondary N) is 1. The third-order valence-corrected chi connectivity index (χ3v) is 6.60. The van der Waals surface area contributed by atoms with E-state index in [0.717, 1.165) is 5.56 Å². The molecule has 35 heavy (non-hydrogen) atoms. The fourth-order valence-corrected chi connectivity index (χ4v) is 4.51. The molecule has 1 atom stereocenters. The Morgan fingerprint density at radius 3 is 1.66 bits per heavy atom. The van der Waals surface area contributed by atoms with Crippen LogP contribution in [0.2, 0.25) is 0 Å². The van der Waals surface area contributed by atoms with Crippen LogP contribution in [0.3, 0.4) is 0 Å². The van der Waals surface area contributed by atoms with Gasteiger partial charge in [-0.15, -0.1) is 0 Å². The lowest BCUT2D eigenvalue weighted by atomic mass is 10.1. The lowest BCUT2D eigenvalue weighted by Gasteiger charge is -2.39. The standard InChI is InChI=1S/C16H36N.C12H15NO4S/c1-5-9-13-17(14-10-6-2,15-11-7-3)16-12-8-4;1-10(14)13-12(7-8-18(15,16)17)9-11-5-3-2-4-6-11/h5-16H2,1-4H3;2-8,12H,9H2,1H3,(H,13,14)(H,15,16,17)/q+1;/p-1/b;8-7+/t;12-/m.1/s1. The van der Waals surface area contributed by atoms with Crippen LogP contribution in [-0.2, 0) is 21.3 Å². The molecule has 1 aromatic carbocycles. The summed E-state index contributed by atoms with van der Waals surface area (Å²) in [7, 11) is -4.43. The minimum atomic E-state index is -4.43. The van der Waals surface area contributed by atoms with Crippen LogP contribution in [0.5, 0.6) is 0 Å². The van der Waals surface area contributed by atoms with Gasteiger partial charge in [-0.1, -0.05) is 89.8 Å². The Balaban J connectivity index is 0.000000662. The molecule has 202 valence electrons. The van der Waals surface area contributed by atoms with Crippen molar-refractivity contribution in [3.8, 4) is 0 Å². The van der Waals surface area contributed by atoms with Gasteiger partial charge in [0.25, 0.3) is 0 Å². The largest absolute Gasteiger partial charge is 0.744 e. The molecule has 0 aliphatic carbocycles. The number of amides is 1. The first-order valence-electron chi connectivity index (χ1n) is 13.4. The second-order valence-corrected chi connectivity index (χ2v) is 10.7. The monoisotopic (exact) mass is 510 g/mol. The highest BCUT2D eigenvalue weighted by atomic mass is 32.2. The number of hydrogen-bond acceptors (Lipinski definition) is 4. The molecule has 7 heteroatoms. The van der Waals surface area contributed by atoms with Gasteiger partial charge in [0.05, 0.1) is 32.2 Å². The number of benzene rings is 1. The summed E-state index contributed by atoms with van der Waals surface area (Å²) < 4.78 is 33.0. The summed E-state index contributed by atoms with van der Waals surface area (Å²) in [6, 6.07) is 8.73. The molecule has 0 bridgehead atoms. The summed E-state index contributed by atoms with van der Waals surface area (Å²) in [4.78, 5) is 11.0. The van der Waals surface area contributed by atoms with Crippen LogP contribution in [0.4, 0.5) is 0 Å². The molecule has 0 saturated carbocycles. The Morgan fingerprint density at radius 1 is 0.886 bits per heavy atom. The first kappa shape index (κ1) is 33.3. The number of nitrogens with zero attached hydrogens (tertiary/aromatic N) is 1. The topological polar surface area (TPSA) is 86.3 Å². The normalized spacial score (nSPS) is 12.7. The number of unbranched alkanes of at least 4 members (excludes halogenated alkanes) is 4. The van der Waals surface area contributed by atoms with Crippen molar-refractivity contribution in [1.29, 1.82) is 0 Å². The first-order valence-corrected chi connectivity index (χ1v) is 14.9. The molecule has 0 aromatic heterocycles. The number of hydrogen-bond donors (Lipinski definition) is 1. The van der Waals surface area contributed by atoms with Gasteiger partial charge in [-0.05, 0) is 37.7 Å². The molecule has 0 fully saturated rings. The second-order valence-electron chi connectivity index (χ2n) is 9.47. The zero-order valence-electron chi connectivity index (χ0n) is 22.8. The summed E-state index contributed by atoms with van der Waals surface area (Å²) in [6.07, 6.45) is 12.7. The van der Waals surface area contributed by atoms with Crippen LogP contribution in [0.1, 0.15) is 91.5 Å². The van der Waals surface area contributed by atoms with Crippen LogP contribution in [0, 0.1) is 0 Å². The molecule has 0 unspecified atom stereocenters. The molecule has 1 rings (SSSR count). The smallest absolute Gasteiger partial charge is 0.217 e. The maximum atomic E-state index is 11.0. The quantitative estimate of drug-likeness (QED) is 0.212. The Labute approximate surface area is 215 Å². The van der Waals surface area contributed by atoms with Gasteiger partial charge in [-0.3, -0.25) is 4.79 Å². The van der Waals surface area contributed by atoms with Crippen molar-refractivity contribution in [2.24, 2.45) is 0 Å². The third-order valence-electron chi connectivity index (χ3n) is 6.11. The predicted octanol–water partition coefficient (Wildman–Crippen LogP) is 5.80. The molecule has 1 aromatic rings. The minimum absolute atomic E-state index is 0.288. The van der Waals surface area contributed by atoms with Crippen molar-refractivity contribution in [2.45, 2.75) is 98.4 Å². The Hall–Kier alpha value is -1.70. The van der Waals surface area contributed by atoms with E-state index in [4.69, 9.17) is 0 Å². The van der Waals surface area contributed by atoms with Crippen LogP contribution in [0.25, 0.3) is 0 Å². The molecule has 1 amide bonds. The molecule has 1 N–H and O–H groups in total. The van der Waals surface area contributed by atoms with Crippen molar-refractivity contribution in [3.63, 3.8) is 0 Å². The van der Waals surface area contributed by atoms with Crippen molar-refractivity contribution in [3.05, 3.63) is 47.4 Å². The van der Waals surface area contributed by atoms with Gasteiger partial charge >= 0.3 is 0 Å². The highest BCUT2D eigenvalue weighted by molar-refractivity contribution is 7.88. The van der Waals surface area contributed by atoms with Crippen molar-refractivity contribution in [1.82, 2.24) is 5.32 Å². The van der Waals surface area contributed by atoms with Gasteiger partial charge in [0.1, 0.15) is 10.1 Å². The molecule has 0 aliphatic heterocycles. The van der Waals surface area contributed by atoms with Gasteiger partial charge in [-0.25, -0.2) is 8.42 Å². The van der Waals surface area contributed by atoms with Crippen LogP contribution in [-0.4, -0.2) is 55.6 Å². The zero-order valence-corrected chi connectivity index (χ0v) is 23.6. The summed E-state index contributed by atoms with van der Waals surface area (Å²) in [5, 5.41) is 3.14. The molecule has 0 heterocycles. The van der Waals surface area contributed by atoms with E-state index >= 15 is 0 Å². The van der Waals surface area contributed by atoms with Crippen LogP contribution >= 0.6 is 0 Å². The summed E-state index contributed by atoms with van der Waals surface area (Å²) >= 11 is 0. The lowest BCUT2D eigenvalue weighted by Crippen LogP contribution is -2.50. The van der Waals surface area contributed by atoms with Gasteiger partial charge < -0.3 is 14.4 Å². The molecular formula is C28H50N2O4S. The van der Waals surface area contributed by atoms with E-state index in [1.54, 1.807) is 0 Å². The van der Waals surface area contributed by atoms with E-state index in [-0.39, 0.29) is 5.91 Å². The van der Waals surface area contributed by atoms with Gasteiger partial charge in [0, 0.05) is 12.3 Å². The van der Waals surface area contributed by atoms with E-state index in [0.29, 0.717) is 11.8 Å². The van der Waals surface area contributed by atoms with Gasteiger partial charge in [-0.2, -0.15) is 0 Å². The maximum absolute atomic E-state index is 11.0. The molecule has 0 saturated heterocycles. The van der Waals surface area contributed by atoms with Crippen molar-refractivity contribution in [2.75, 3.05) is 26.2 Å². The molecule has 0 aliphatic rings. The first-order chi connectivity index (χ1) is 16.6. The third kappa shape index (κ3) is 18.3. The van der Waals surface area contributed by atoms with E-state index in [1.807, 2.05) is 30.3 Å². The summed E-state index contributed by atoms with van der Waals surface area (Å²) in [5.74, 6) is -0.288. The van der Waals surface area contributed by atoms with E-state index in [9.17, 15) is 17.8 Å². The maximum Gasteiger partial charge on any atom is 0.217 e. The average Bonchev–Trinajstić information content (AvgIpc) is 2.82. The fourth-order valence-electron chi connectivity index (χ4n) is 4.13. The molecule has 0 radical (unpaired) electrons.